The number of aromatic hydroxyl groups is 1. The Morgan fingerprint density at radius 1 is 1.11 bits per heavy atom. The molecule has 0 aliphatic rings. The second kappa shape index (κ2) is 5.59. The van der Waals surface area contributed by atoms with Gasteiger partial charge >= 0.3 is 0 Å². The second-order valence-corrected chi connectivity index (χ2v) is 7.48. The van der Waals surface area contributed by atoms with Gasteiger partial charge in [0, 0.05) is 16.3 Å². The van der Waals surface area contributed by atoms with Crippen LogP contribution in [0.15, 0.2) is 12.1 Å². The number of benzene rings is 1. The van der Waals surface area contributed by atoms with Gasteiger partial charge in [-0.3, -0.25) is 0 Å². The Bertz CT molecular complexity index is 519. The third kappa shape index (κ3) is 4.58. The highest BCUT2D eigenvalue weighted by atomic mass is 79.9. The van der Waals surface area contributed by atoms with Crippen LogP contribution in [0.4, 0.5) is 0 Å². The van der Waals surface area contributed by atoms with E-state index in [9.17, 15) is 5.11 Å². The van der Waals surface area contributed by atoms with E-state index in [2.05, 4.69) is 69.3 Å². The fourth-order valence-electron chi connectivity index (χ4n) is 1.58. The van der Waals surface area contributed by atoms with Crippen LogP contribution in [0.25, 0.3) is 0 Å². The lowest BCUT2D eigenvalue weighted by molar-refractivity contribution is 0.467. The van der Waals surface area contributed by atoms with Crippen molar-refractivity contribution in [2.75, 3.05) is 0 Å². The lowest BCUT2D eigenvalue weighted by Gasteiger charge is -2.21. The van der Waals surface area contributed by atoms with Gasteiger partial charge in [-0.2, -0.15) is 0 Å². The van der Waals surface area contributed by atoms with Gasteiger partial charge in [0.25, 0.3) is 0 Å². The van der Waals surface area contributed by atoms with Gasteiger partial charge in [-0.25, -0.2) is 0 Å². The van der Waals surface area contributed by atoms with E-state index in [4.69, 9.17) is 0 Å². The summed E-state index contributed by atoms with van der Waals surface area (Å²) in [5.41, 5.74) is 2.78. The van der Waals surface area contributed by atoms with E-state index >= 15 is 0 Å². The van der Waals surface area contributed by atoms with Crippen molar-refractivity contribution >= 4 is 15.9 Å². The van der Waals surface area contributed by atoms with E-state index in [-0.39, 0.29) is 10.8 Å². The Labute approximate surface area is 125 Å². The predicted octanol–water partition coefficient (Wildman–Crippen LogP) is 4.98. The molecule has 0 saturated carbocycles. The molecular formula is C17H23BrO. The summed E-state index contributed by atoms with van der Waals surface area (Å²) in [6.45, 7) is 12.7. The summed E-state index contributed by atoms with van der Waals surface area (Å²) in [5, 5.41) is 10.9. The predicted molar refractivity (Wildman–Crippen MR) is 85.8 cm³/mol. The van der Waals surface area contributed by atoms with Crippen LogP contribution in [-0.4, -0.2) is 5.11 Å². The third-order valence-corrected chi connectivity index (χ3v) is 3.38. The Morgan fingerprint density at radius 3 is 2.11 bits per heavy atom. The molecule has 0 fully saturated rings. The van der Waals surface area contributed by atoms with Crippen molar-refractivity contribution in [3.8, 4) is 17.6 Å². The van der Waals surface area contributed by atoms with Crippen molar-refractivity contribution in [1.82, 2.24) is 0 Å². The number of phenolic OH excluding ortho intramolecular Hbond substituents is 1. The quantitative estimate of drug-likeness (QED) is 0.571. The summed E-state index contributed by atoms with van der Waals surface area (Å²) in [6.07, 6.45) is 0. The molecule has 0 heterocycles. The lowest BCUT2D eigenvalue weighted by Crippen LogP contribution is -2.12. The fraction of sp³-hybridized carbons (Fsp3) is 0.529. The van der Waals surface area contributed by atoms with Crippen LogP contribution in [0.5, 0.6) is 5.75 Å². The van der Waals surface area contributed by atoms with E-state index in [1.807, 2.05) is 12.1 Å². The molecule has 1 aromatic rings. The summed E-state index contributed by atoms with van der Waals surface area (Å²) in [4.78, 5) is 0. The van der Waals surface area contributed by atoms with Crippen molar-refractivity contribution < 1.29 is 5.11 Å². The first-order valence-electron chi connectivity index (χ1n) is 6.50. The van der Waals surface area contributed by atoms with Crippen LogP contribution in [0, 0.1) is 17.3 Å². The topological polar surface area (TPSA) is 20.2 Å². The second-order valence-electron chi connectivity index (χ2n) is 6.92. The molecule has 0 spiro atoms. The minimum atomic E-state index is -0.0707. The zero-order valence-corrected chi connectivity index (χ0v) is 14.3. The van der Waals surface area contributed by atoms with Gasteiger partial charge in [0.15, 0.2) is 0 Å². The van der Waals surface area contributed by atoms with Gasteiger partial charge < -0.3 is 5.11 Å². The first kappa shape index (κ1) is 16.1. The summed E-state index contributed by atoms with van der Waals surface area (Å²) in [7, 11) is 0. The van der Waals surface area contributed by atoms with E-state index in [1.54, 1.807) is 0 Å². The Morgan fingerprint density at radius 2 is 1.68 bits per heavy atom. The van der Waals surface area contributed by atoms with E-state index in [0.29, 0.717) is 11.1 Å². The maximum absolute atomic E-state index is 10.2. The standard InChI is InChI=1S/C17H23BrO/c1-16(2,3)8-7-12-9-14(17(4,5)6)10-13(11-18)15(12)19/h9-10,19H,11H2,1-6H3. The number of hydrogen-bond acceptors (Lipinski definition) is 1. The van der Waals surface area contributed by atoms with Crippen molar-refractivity contribution in [3.63, 3.8) is 0 Å². The highest BCUT2D eigenvalue weighted by Crippen LogP contribution is 2.32. The van der Waals surface area contributed by atoms with Crippen LogP contribution >= 0.6 is 15.9 Å². The first-order valence-corrected chi connectivity index (χ1v) is 7.62. The molecule has 19 heavy (non-hydrogen) atoms. The number of rotatable bonds is 1. The largest absolute Gasteiger partial charge is 0.506 e. The van der Waals surface area contributed by atoms with Gasteiger partial charge in [-0.05, 0) is 37.8 Å². The van der Waals surface area contributed by atoms with Gasteiger partial charge in [0.1, 0.15) is 5.75 Å². The molecule has 0 bridgehead atoms. The molecule has 0 unspecified atom stereocenters. The average molecular weight is 323 g/mol. The molecule has 1 nitrogen and oxygen atoms in total. The molecule has 0 aliphatic carbocycles. The Hall–Kier alpha value is -0.940. The number of phenols is 1. The van der Waals surface area contributed by atoms with Crippen LogP contribution in [0.2, 0.25) is 0 Å². The summed E-state index contributed by atoms with van der Waals surface area (Å²) < 4.78 is 0. The molecule has 1 N–H and O–H groups in total. The maximum atomic E-state index is 10.2. The third-order valence-electron chi connectivity index (χ3n) is 2.77. The molecule has 104 valence electrons. The Balaban J connectivity index is 3.41. The smallest absolute Gasteiger partial charge is 0.135 e. The van der Waals surface area contributed by atoms with Crippen LogP contribution in [0.1, 0.15) is 58.2 Å². The van der Waals surface area contributed by atoms with Crippen LogP contribution in [0.3, 0.4) is 0 Å². The molecule has 0 amide bonds. The molecule has 0 radical (unpaired) electrons. The van der Waals surface area contributed by atoms with E-state index in [0.717, 1.165) is 11.1 Å². The monoisotopic (exact) mass is 322 g/mol. The number of alkyl halides is 1. The zero-order valence-electron chi connectivity index (χ0n) is 12.7. The molecule has 1 rings (SSSR count). The molecule has 1 aromatic carbocycles. The van der Waals surface area contributed by atoms with Gasteiger partial charge in [-0.15, -0.1) is 0 Å². The molecule has 2 heteroatoms. The maximum Gasteiger partial charge on any atom is 0.135 e. The molecule has 0 aromatic heterocycles. The minimum absolute atomic E-state index is 0.0444. The highest BCUT2D eigenvalue weighted by molar-refractivity contribution is 9.08. The van der Waals surface area contributed by atoms with Crippen molar-refractivity contribution in [3.05, 3.63) is 28.8 Å². The normalized spacial score (nSPS) is 11.9. The fourth-order valence-corrected chi connectivity index (χ4v) is 2.01. The first-order chi connectivity index (χ1) is 8.54. The SMILES string of the molecule is CC(C)(C)C#Cc1cc(C(C)(C)C)cc(CBr)c1O. The van der Waals surface area contributed by atoms with Crippen LogP contribution in [-0.2, 0) is 10.7 Å². The van der Waals surface area contributed by atoms with Gasteiger partial charge in [0.2, 0.25) is 0 Å². The lowest BCUT2D eigenvalue weighted by atomic mass is 9.84. The number of halogens is 1. The molecule has 0 atom stereocenters. The average Bonchev–Trinajstić information content (AvgIpc) is 2.25. The van der Waals surface area contributed by atoms with Crippen LogP contribution < -0.4 is 0 Å². The van der Waals surface area contributed by atoms with E-state index < -0.39 is 0 Å². The van der Waals surface area contributed by atoms with Gasteiger partial charge in [-0.1, -0.05) is 54.6 Å². The van der Waals surface area contributed by atoms with Crippen molar-refractivity contribution in [2.45, 2.75) is 52.3 Å². The van der Waals surface area contributed by atoms with Crippen molar-refractivity contribution in [1.29, 1.82) is 0 Å². The summed E-state index contributed by atoms with van der Waals surface area (Å²) in [5.74, 6) is 6.60. The number of hydrogen-bond donors (Lipinski definition) is 1. The Kier molecular flexibility index (Phi) is 4.74. The molecule has 0 saturated heterocycles. The summed E-state index contributed by atoms with van der Waals surface area (Å²) >= 11 is 3.43. The van der Waals surface area contributed by atoms with Crippen molar-refractivity contribution in [2.24, 2.45) is 5.41 Å². The molecular weight excluding hydrogens is 300 g/mol. The summed E-state index contributed by atoms with van der Waals surface area (Å²) in [6, 6.07) is 4.05. The zero-order chi connectivity index (χ0) is 14.8. The van der Waals surface area contributed by atoms with Gasteiger partial charge in [0.05, 0.1) is 5.56 Å². The van der Waals surface area contributed by atoms with E-state index in [1.165, 1.54) is 5.56 Å². The minimum Gasteiger partial charge on any atom is -0.506 e. The molecule has 0 aliphatic heterocycles. The highest BCUT2D eigenvalue weighted by Gasteiger charge is 2.18.